The lowest BCUT2D eigenvalue weighted by molar-refractivity contribution is -0.274. The van der Waals surface area contributed by atoms with Crippen LogP contribution >= 0.6 is 11.6 Å². The molecule has 40 heavy (non-hydrogen) atoms. The first-order valence-corrected chi connectivity index (χ1v) is 11.1. The van der Waals surface area contributed by atoms with Gasteiger partial charge in [-0.25, -0.2) is 14.4 Å². The maximum Gasteiger partial charge on any atom is 0.573 e. The molecular weight excluding hydrogens is 588 g/mol. The summed E-state index contributed by atoms with van der Waals surface area (Å²) in [6, 6.07) is 4.29. The van der Waals surface area contributed by atoms with Crippen molar-refractivity contribution in [3.63, 3.8) is 0 Å². The van der Waals surface area contributed by atoms with E-state index in [9.17, 15) is 48.7 Å². The Morgan fingerprint density at radius 1 is 0.975 bits per heavy atom. The maximum absolute atomic E-state index is 15.0. The number of anilines is 1. The van der Waals surface area contributed by atoms with Crippen molar-refractivity contribution in [3.8, 4) is 5.75 Å². The molecule has 0 amide bonds. The molecule has 3 aromatic rings. The first-order valence-electron chi connectivity index (χ1n) is 10.7. The summed E-state index contributed by atoms with van der Waals surface area (Å²) in [7, 11) is 0. The normalized spacial score (nSPS) is 13.6. The van der Waals surface area contributed by atoms with Crippen LogP contribution in [0.5, 0.6) is 5.75 Å². The zero-order valence-electron chi connectivity index (χ0n) is 19.4. The molecule has 1 N–H and O–H groups in total. The van der Waals surface area contributed by atoms with Crippen molar-refractivity contribution in [1.29, 1.82) is 0 Å². The maximum atomic E-state index is 15.0. The number of allylic oxidation sites excluding steroid dienone is 1. The molecule has 0 bridgehead atoms. The third kappa shape index (κ3) is 8.31. The van der Waals surface area contributed by atoms with Gasteiger partial charge in [0.2, 0.25) is 5.95 Å². The van der Waals surface area contributed by atoms with Gasteiger partial charge in [0.05, 0.1) is 12.1 Å². The molecule has 0 saturated carbocycles. The smallest absolute Gasteiger partial charge is 0.406 e. The van der Waals surface area contributed by atoms with Gasteiger partial charge in [-0.3, -0.25) is 4.79 Å². The van der Waals surface area contributed by atoms with Gasteiger partial charge in [0.1, 0.15) is 17.5 Å². The molecule has 5 nitrogen and oxygen atoms in total. The van der Waals surface area contributed by atoms with Gasteiger partial charge >= 0.3 is 18.7 Å². The van der Waals surface area contributed by atoms with Crippen LogP contribution in [0.2, 0.25) is 5.02 Å². The second kappa shape index (κ2) is 11.7. The Kier molecular flexibility index (Phi) is 8.97. The third-order valence-electron chi connectivity index (χ3n) is 5.03. The summed E-state index contributed by atoms with van der Waals surface area (Å²) in [5.74, 6) is -7.05. The molecule has 0 aliphatic carbocycles. The van der Waals surface area contributed by atoms with Crippen molar-refractivity contribution >= 4 is 29.2 Å². The molecule has 0 saturated heterocycles. The summed E-state index contributed by atoms with van der Waals surface area (Å²) in [5.41, 5.74) is -4.51. The van der Waals surface area contributed by atoms with Gasteiger partial charge in [0.25, 0.3) is 0 Å². The van der Waals surface area contributed by atoms with Crippen LogP contribution in [-0.2, 0) is 6.18 Å². The number of nitrogens with zero attached hydrogens (tertiary/aromatic N) is 2. The van der Waals surface area contributed by atoms with Crippen LogP contribution in [0.3, 0.4) is 0 Å². The Morgan fingerprint density at radius 2 is 1.62 bits per heavy atom. The third-order valence-corrected chi connectivity index (χ3v) is 5.24. The topological polar surface area (TPSA) is 64.1 Å². The summed E-state index contributed by atoms with van der Waals surface area (Å²) in [5, 5.41) is 1.79. The van der Waals surface area contributed by atoms with E-state index in [1.54, 1.807) is 0 Å². The van der Waals surface area contributed by atoms with Crippen LogP contribution < -0.4 is 10.1 Å². The van der Waals surface area contributed by atoms with Gasteiger partial charge in [0.15, 0.2) is 5.78 Å². The van der Waals surface area contributed by atoms with Gasteiger partial charge in [-0.05, 0) is 42.0 Å². The van der Waals surface area contributed by atoms with Crippen LogP contribution in [0.25, 0.3) is 5.83 Å². The number of rotatable bonds is 8. The van der Waals surface area contributed by atoms with Crippen LogP contribution in [0, 0.1) is 0 Å². The molecule has 3 rings (SSSR count). The number of nitrogens with one attached hydrogen (secondary N) is 1. The van der Waals surface area contributed by atoms with Crippen LogP contribution in [0.4, 0.5) is 49.9 Å². The lowest BCUT2D eigenvalue weighted by atomic mass is 9.94. The molecule has 214 valence electrons. The number of ketones is 1. The largest absolute Gasteiger partial charge is 0.573 e. The predicted molar refractivity (Wildman–Crippen MR) is 122 cm³/mol. The van der Waals surface area contributed by atoms with E-state index in [0.29, 0.717) is 30.3 Å². The van der Waals surface area contributed by atoms with E-state index in [1.807, 2.05) is 0 Å². The molecule has 16 heteroatoms. The van der Waals surface area contributed by atoms with Gasteiger partial charge < -0.3 is 10.1 Å². The van der Waals surface area contributed by atoms with Crippen molar-refractivity contribution in [3.05, 3.63) is 88.2 Å². The quantitative estimate of drug-likeness (QED) is 0.209. The van der Waals surface area contributed by atoms with Crippen molar-refractivity contribution in [2.24, 2.45) is 0 Å². The number of hydrogen-bond donors (Lipinski definition) is 1. The lowest BCUT2D eigenvalue weighted by Crippen LogP contribution is -2.21. The van der Waals surface area contributed by atoms with E-state index in [2.05, 4.69) is 20.0 Å². The predicted octanol–water partition coefficient (Wildman–Crippen LogP) is 8.00. The summed E-state index contributed by atoms with van der Waals surface area (Å²) in [6.07, 6.45) is -13.3. The molecule has 0 radical (unpaired) electrons. The van der Waals surface area contributed by atoms with Crippen molar-refractivity contribution in [2.75, 3.05) is 11.9 Å². The van der Waals surface area contributed by atoms with Crippen molar-refractivity contribution in [2.45, 2.75) is 24.6 Å². The molecule has 1 atom stereocenters. The molecular formula is C24H14ClF10N3O2. The second-order valence-corrected chi connectivity index (χ2v) is 8.35. The van der Waals surface area contributed by atoms with Crippen LogP contribution in [0.1, 0.15) is 33.0 Å². The highest BCUT2D eigenvalue weighted by atomic mass is 35.5. The molecule has 0 aliphatic rings. The number of Topliss-reactive ketones (excluding diaryl/α,β-unsaturated/α-hetero) is 1. The number of ether oxygens (including phenoxy) is 1. The fourth-order valence-corrected chi connectivity index (χ4v) is 3.63. The van der Waals surface area contributed by atoms with Crippen LogP contribution in [0.15, 0.2) is 60.9 Å². The summed E-state index contributed by atoms with van der Waals surface area (Å²) in [4.78, 5) is 19.9. The molecule has 1 heterocycles. The summed E-state index contributed by atoms with van der Waals surface area (Å²) in [6.45, 7) is -0.696. The van der Waals surface area contributed by atoms with Gasteiger partial charge in [-0.1, -0.05) is 23.7 Å². The molecule has 0 spiro atoms. The average molecular weight is 602 g/mol. The van der Waals surface area contributed by atoms with E-state index < -0.39 is 75.8 Å². The number of alkyl halides is 9. The van der Waals surface area contributed by atoms with Crippen molar-refractivity contribution < 1.29 is 53.4 Å². The molecule has 2 aromatic carbocycles. The SMILES string of the molecule is O=C(CNc1ncccn1)c1ccc(/C(F)=C/C(c2cc(Cl)cc(OC(F)(F)F)c2)C(F)(F)F)cc1C(F)(F)F. The molecule has 0 fully saturated rings. The Balaban J connectivity index is 1.99. The van der Waals surface area contributed by atoms with E-state index >= 15 is 0 Å². The molecule has 1 unspecified atom stereocenters. The summed E-state index contributed by atoms with van der Waals surface area (Å²) < 4.78 is 139. The Labute approximate surface area is 223 Å². The minimum Gasteiger partial charge on any atom is -0.406 e. The zero-order valence-corrected chi connectivity index (χ0v) is 20.2. The van der Waals surface area contributed by atoms with E-state index in [1.165, 1.54) is 18.5 Å². The van der Waals surface area contributed by atoms with Gasteiger partial charge in [-0.15, -0.1) is 13.2 Å². The minimum atomic E-state index is -5.31. The fourth-order valence-electron chi connectivity index (χ4n) is 3.39. The lowest BCUT2D eigenvalue weighted by Gasteiger charge is -2.20. The highest BCUT2D eigenvalue weighted by Crippen LogP contribution is 2.42. The average Bonchev–Trinajstić information content (AvgIpc) is 2.83. The van der Waals surface area contributed by atoms with E-state index in [-0.39, 0.29) is 18.1 Å². The molecule has 0 aliphatic heterocycles. The van der Waals surface area contributed by atoms with Crippen molar-refractivity contribution in [1.82, 2.24) is 9.97 Å². The number of hydrogen-bond acceptors (Lipinski definition) is 5. The van der Waals surface area contributed by atoms with Gasteiger partial charge in [0, 0.05) is 28.5 Å². The van der Waals surface area contributed by atoms with E-state index in [4.69, 9.17) is 11.6 Å². The zero-order chi connectivity index (χ0) is 29.9. The summed E-state index contributed by atoms with van der Waals surface area (Å²) >= 11 is 5.61. The second-order valence-electron chi connectivity index (χ2n) is 7.91. The first kappa shape index (κ1) is 30.7. The highest BCUT2D eigenvalue weighted by molar-refractivity contribution is 6.30. The highest BCUT2D eigenvalue weighted by Gasteiger charge is 2.41. The van der Waals surface area contributed by atoms with Gasteiger partial charge in [-0.2, -0.15) is 26.3 Å². The standard InChI is InChI=1S/C24H14ClF10N3O2/c25-14-6-13(7-15(9-14)40-24(33,34)35)17(22(27,28)29)10-19(26)12-2-3-16(18(8-12)23(30,31)32)20(39)11-38-21-36-4-1-5-37-21/h1-10,17H,11H2,(H,36,37,38)/b19-10-. The number of halogens is 11. The Bertz CT molecular complexity index is 1390. The molecule has 1 aromatic heterocycles. The fraction of sp³-hybridized carbons (Fsp3) is 0.208. The minimum absolute atomic E-state index is 0.0713. The Hall–Kier alpha value is -3.88. The Morgan fingerprint density at radius 3 is 2.20 bits per heavy atom. The van der Waals surface area contributed by atoms with Crippen LogP contribution in [-0.4, -0.2) is 34.8 Å². The number of carbonyl (C=O) groups is 1. The van der Waals surface area contributed by atoms with E-state index in [0.717, 1.165) is 0 Å². The number of aromatic nitrogens is 2. The number of benzene rings is 2. The number of carbonyl (C=O) groups excluding carboxylic acids is 1. The monoisotopic (exact) mass is 601 g/mol. The first-order chi connectivity index (χ1) is 18.4.